The van der Waals surface area contributed by atoms with Crippen molar-refractivity contribution in [3.8, 4) is 0 Å². The molecule has 0 aliphatic heterocycles. The lowest BCUT2D eigenvalue weighted by molar-refractivity contribution is -0.120. The van der Waals surface area contributed by atoms with Crippen LogP contribution in [0.3, 0.4) is 0 Å². The molecule has 0 bridgehead atoms. The number of hydrogen-bond donors (Lipinski definition) is 1. The molecule has 0 aliphatic carbocycles. The molecule has 0 saturated carbocycles. The van der Waals surface area contributed by atoms with E-state index in [1.807, 2.05) is 39.0 Å². The Bertz CT molecular complexity index is 961. The summed E-state index contributed by atoms with van der Waals surface area (Å²) in [6.45, 7) is 5.40. The minimum Gasteiger partial charge on any atom is -0.348 e. The Labute approximate surface area is 170 Å². The summed E-state index contributed by atoms with van der Waals surface area (Å²) in [7, 11) is -3.74. The largest absolute Gasteiger partial charge is 0.348 e. The number of rotatable bonds is 6. The fourth-order valence-electron chi connectivity index (χ4n) is 2.78. The van der Waals surface area contributed by atoms with Gasteiger partial charge in [0.05, 0.1) is 23.0 Å². The lowest BCUT2D eigenvalue weighted by atomic mass is 10.00. The molecule has 0 saturated heterocycles. The quantitative estimate of drug-likeness (QED) is 0.747. The van der Waals surface area contributed by atoms with Gasteiger partial charge in [0.15, 0.2) is 0 Å². The van der Waals surface area contributed by atoms with E-state index in [4.69, 9.17) is 23.2 Å². The average molecular weight is 429 g/mol. The molecule has 27 heavy (non-hydrogen) atoms. The van der Waals surface area contributed by atoms with Gasteiger partial charge in [-0.2, -0.15) is 0 Å². The van der Waals surface area contributed by atoms with Gasteiger partial charge in [-0.1, -0.05) is 47.0 Å². The molecule has 1 atom stereocenters. The summed E-state index contributed by atoms with van der Waals surface area (Å²) in [5.41, 5.74) is 3.28. The number of halogens is 2. The first-order valence-electron chi connectivity index (χ1n) is 8.28. The van der Waals surface area contributed by atoms with Crippen LogP contribution in [-0.4, -0.2) is 27.1 Å². The van der Waals surface area contributed by atoms with Crippen LogP contribution in [0, 0.1) is 13.8 Å². The Balaban J connectivity index is 2.24. The Hall–Kier alpha value is -1.76. The molecule has 1 amide bonds. The van der Waals surface area contributed by atoms with Crippen LogP contribution >= 0.6 is 23.2 Å². The van der Waals surface area contributed by atoms with Gasteiger partial charge in [-0.15, -0.1) is 0 Å². The molecule has 0 heterocycles. The number of aryl methyl sites for hydroxylation is 2. The summed E-state index contributed by atoms with van der Waals surface area (Å²) in [6.07, 6.45) is 1.02. The molecule has 0 aromatic heterocycles. The van der Waals surface area contributed by atoms with Crippen LogP contribution in [0.4, 0.5) is 5.69 Å². The van der Waals surface area contributed by atoms with Crippen LogP contribution in [0.2, 0.25) is 10.0 Å². The van der Waals surface area contributed by atoms with Gasteiger partial charge in [-0.25, -0.2) is 8.42 Å². The fraction of sp³-hybridized carbons (Fsp3) is 0.316. The SMILES string of the molecule is Cc1ccc(C)c(C(C)NC(=O)CN(c2cc(Cl)ccc2Cl)S(C)(=O)=O)c1. The Morgan fingerprint density at radius 2 is 1.81 bits per heavy atom. The van der Waals surface area contributed by atoms with Crippen molar-refractivity contribution in [3.63, 3.8) is 0 Å². The number of sulfonamides is 1. The van der Waals surface area contributed by atoms with Gasteiger partial charge in [0, 0.05) is 5.02 Å². The highest BCUT2D eigenvalue weighted by Gasteiger charge is 2.24. The summed E-state index contributed by atoms with van der Waals surface area (Å²) in [5.74, 6) is -0.440. The van der Waals surface area contributed by atoms with E-state index in [1.54, 1.807) is 6.07 Å². The molecule has 5 nitrogen and oxygen atoms in total. The molecule has 2 aromatic carbocycles. The Kier molecular flexibility index (Phi) is 6.78. The third-order valence-corrected chi connectivity index (χ3v) is 5.82. The monoisotopic (exact) mass is 428 g/mol. The van der Waals surface area contributed by atoms with Gasteiger partial charge in [0.25, 0.3) is 0 Å². The molecule has 0 fully saturated rings. The first kappa shape index (κ1) is 21.5. The topological polar surface area (TPSA) is 66.5 Å². The Morgan fingerprint density at radius 1 is 1.15 bits per heavy atom. The first-order valence-corrected chi connectivity index (χ1v) is 10.9. The normalized spacial score (nSPS) is 12.5. The molecule has 2 rings (SSSR count). The van der Waals surface area contributed by atoms with Crippen LogP contribution in [0.25, 0.3) is 0 Å². The van der Waals surface area contributed by atoms with E-state index in [0.717, 1.165) is 27.3 Å². The summed E-state index contributed by atoms with van der Waals surface area (Å²) in [4.78, 5) is 12.6. The van der Waals surface area contributed by atoms with Crippen LogP contribution in [0.5, 0.6) is 0 Å². The van der Waals surface area contributed by atoms with E-state index < -0.39 is 22.5 Å². The molecule has 2 aromatic rings. The molecular weight excluding hydrogens is 407 g/mol. The summed E-state index contributed by atoms with van der Waals surface area (Å²) < 4.78 is 25.4. The van der Waals surface area contributed by atoms with Gasteiger partial charge in [-0.3, -0.25) is 9.10 Å². The molecular formula is C19H22Cl2N2O3S. The maximum Gasteiger partial charge on any atom is 0.241 e. The second-order valence-corrected chi connectivity index (χ2v) is 9.27. The Morgan fingerprint density at radius 3 is 2.44 bits per heavy atom. The zero-order valence-electron chi connectivity index (χ0n) is 15.6. The van der Waals surface area contributed by atoms with E-state index in [0.29, 0.717) is 5.02 Å². The van der Waals surface area contributed by atoms with Crippen molar-refractivity contribution >= 4 is 44.8 Å². The minimum atomic E-state index is -3.74. The zero-order valence-corrected chi connectivity index (χ0v) is 17.9. The van der Waals surface area contributed by atoms with Gasteiger partial charge in [-0.05, 0) is 50.1 Å². The van der Waals surface area contributed by atoms with Crippen molar-refractivity contribution in [2.24, 2.45) is 0 Å². The van der Waals surface area contributed by atoms with Crippen LogP contribution < -0.4 is 9.62 Å². The fourth-order valence-corrected chi connectivity index (χ4v) is 4.08. The zero-order chi connectivity index (χ0) is 20.4. The number of carbonyl (C=O) groups excluding carboxylic acids is 1. The van der Waals surface area contributed by atoms with E-state index in [1.165, 1.54) is 12.1 Å². The van der Waals surface area contributed by atoms with Gasteiger partial charge in [0.1, 0.15) is 6.54 Å². The summed E-state index contributed by atoms with van der Waals surface area (Å²) in [6, 6.07) is 10.2. The van der Waals surface area contributed by atoms with Gasteiger partial charge in [0.2, 0.25) is 15.9 Å². The lowest BCUT2D eigenvalue weighted by Crippen LogP contribution is -2.41. The third-order valence-electron chi connectivity index (χ3n) is 4.14. The average Bonchev–Trinajstić information content (AvgIpc) is 2.56. The predicted octanol–water partition coefficient (Wildman–Crippen LogP) is 4.25. The molecule has 1 N–H and O–H groups in total. The van der Waals surface area contributed by atoms with Crippen molar-refractivity contribution in [1.82, 2.24) is 5.32 Å². The van der Waals surface area contributed by atoms with Crippen molar-refractivity contribution in [2.75, 3.05) is 17.1 Å². The van der Waals surface area contributed by atoms with Crippen molar-refractivity contribution in [1.29, 1.82) is 0 Å². The molecule has 0 aliphatic rings. The first-order chi connectivity index (χ1) is 12.5. The van der Waals surface area contributed by atoms with E-state index in [2.05, 4.69) is 5.32 Å². The predicted molar refractivity (Wildman–Crippen MR) is 111 cm³/mol. The van der Waals surface area contributed by atoms with Gasteiger partial charge >= 0.3 is 0 Å². The molecule has 1 unspecified atom stereocenters. The maximum absolute atomic E-state index is 12.6. The van der Waals surface area contributed by atoms with Crippen molar-refractivity contribution in [2.45, 2.75) is 26.8 Å². The second kappa shape index (κ2) is 8.50. The highest BCUT2D eigenvalue weighted by Crippen LogP contribution is 2.30. The number of anilines is 1. The summed E-state index contributed by atoms with van der Waals surface area (Å²) >= 11 is 12.1. The van der Waals surface area contributed by atoms with E-state index in [9.17, 15) is 13.2 Å². The number of nitrogens with one attached hydrogen (secondary N) is 1. The second-order valence-electron chi connectivity index (χ2n) is 6.51. The highest BCUT2D eigenvalue weighted by atomic mass is 35.5. The molecule has 0 radical (unpaired) electrons. The minimum absolute atomic E-state index is 0.168. The number of amides is 1. The number of benzene rings is 2. The number of hydrogen-bond acceptors (Lipinski definition) is 3. The number of nitrogens with zero attached hydrogens (tertiary/aromatic N) is 1. The van der Waals surface area contributed by atoms with E-state index >= 15 is 0 Å². The van der Waals surface area contributed by atoms with E-state index in [-0.39, 0.29) is 16.8 Å². The molecule has 8 heteroatoms. The smallest absolute Gasteiger partial charge is 0.241 e. The number of carbonyl (C=O) groups is 1. The van der Waals surface area contributed by atoms with Crippen LogP contribution in [0.15, 0.2) is 36.4 Å². The van der Waals surface area contributed by atoms with Crippen LogP contribution in [-0.2, 0) is 14.8 Å². The summed E-state index contributed by atoms with van der Waals surface area (Å²) in [5, 5.41) is 3.37. The van der Waals surface area contributed by atoms with Gasteiger partial charge < -0.3 is 5.32 Å². The lowest BCUT2D eigenvalue weighted by Gasteiger charge is -2.24. The highest BCUT2D eigenvalue weighted by molar-refractivity contribution is 7.92. The van der Waals surface area contributed by atoms with Crippen molar-refractivity contribution < 1.29 is 13.2 Å². The van der Waals surface area contributed by atoms with Crippen molar-refractivity contribution in [3.05, 3.63) is 63.1 Å². The standard InChI is InChI=1S/C19H22Cl2N2O3S/c1-12-5-6-13(2)16(9-12)14(3)22-19(24)11-23(27(4,25)26)18-10-15(20)7-8-17(18)21/h5-10,14H,11H2,1-4H3,(H,22,24). The maximum atomic E-state index is 12.6. The molecule has 0 spiro atoms. The third kappa shape index (κ3) is 5.61. The van der Waals surface area contributed by atoms with Crippen LogP contribution in [0.1, 0.15) is 29.7 Å². The molecule has 146 valence electrons.